The number of alkyl carbamates (subject to hydrolysis) is 1. The third-order valence-corrected chi connectivity index (χ3v) is 11.0. The number of carbonyl (C=O) groups excluding carboxylic acids is 1. The van der Waals surface area contributed by atoms with E-state index in [1.54, 1.807) is 6.07 Å². The number of para-hydroxylation sites is 1. The van der Waals surface area contributed by atoms with E-state index in [0.29, 0.717) is 42.6 Å². The zero-order valence-corrected chi connectivity index (χ0v) is 30.1. The number of fused-ring (bicyclic) bond motifs is 2. The molecule has 1 amide bonds. The van der Waals surface area contributed by atoms with Crippen LogP contribution in [0.3, 0.4) is 0 Å². The topological polar surface area (TPSA) is 172 Å². The van der Waals surface area contributed by atoms with Crippen molar-refractivity contribution in [2.75, 3.05) is 39.5 Å². The third kappa shape index (κ3) is 9.11. The Morgan fingerprint density at radius 3 is 2.58 bits per heavy atom. The molecule has 4 aromatic rings. The highest BCUT2D eigenvalue weighted by atomic mass is 32.2. The molecule has 3 heterocycles. The van der Waals surface area contributed by atoms with Gasteiger partial charge in [-0.05, 0) is 54.7 Å². The van der Waals surface area contributed by atoms with Crippen LogP contribution in [0.15, 0.2) is 88.8 Å². The summed E-state index contributed by atoms with van der Waals surface area (Å²) in [6.45, 7) is 4.97. The summed E-state index contributed by atoms with van der Waals surface area (Å²) >= 11 is 0. The number of nitrogens with one attached hydrogen (secondary N) is 2. The second kappa shape index (κ2) is 16.9. The second-order valence-electron chi connectivity index (χ2n) is 13.5. The Kier molecular flexibility index (Phi) is 12.1. The maximum absolute atomic E-state index is 14.3. The van der Waals surface area contributed by atoms with Crippen LogP contribution in [-0.2, 0) is 30.7 Å². The van der Waals surface area contributed by atoms with Crippen LogP contribution in [0.4, 0.5) is 4.79 Å². The number of carbonyl (C=O) groups is 1. The van der Waals surface area contributed by atoms with Crippen LogP contribution in [0, 0.1) is 11.8 Å². The normalized spacial score (nSPS) is 20.1. The molecule has 2 unspecified atom stereocenters. The predicted molar refractivity (Wildman–Crippen MR) is 195 cm³/mol. The van der Waals surface area contributed by atoms with Crippen molar-refractivity contribution in [1.82, 2.24) is 14.6 Å². The number of aliphatic hydroxyl groups excluding tert-OH is 1. The zero-order valence-electron chi connectivity index (χ0n) is 29.3. The number of sulfonamides is 1. The molecule has 0 bridgehead atoms. The molecular formula is C38H46N4O9S. The molecule has 0 spiro atoms. The second-order valence-corrected chi connectivity index (χ2v) is 15.4. The summed E-state index contributed by atoms with van der Waals surface area (Å²) in [5.74, 6) is 0.429. The Hall–Kier alpha value is -4.47. The Labute approximate surface area is 303 Å². The number of rotatable bonds is 16. The molecule has 278 valence electrons. The van der Waals surface area contributed by atoms with Gasteiger partial charge in [0.2, 0.25) is 10.0 Å². The maximum Gasteiger partial charge on any atom is 0.407 e. The molecule has 5 atom stereocenters. The molecule has 0 saturated carbocycles. The van der Waals surface area contributed by atoms with E-state index < -0.39 is 40.7 Å². The molecule has 13 nitrogen and oxygen atoms in total. The van der Waals surface area contributed by atoms with Crippen LogP contribution in [0.25, 0.3) is 10.9 Å². The molecule has 0 aliphatic carbocycles. The summed E-state index contributed by atoms with van der Waals surface area (Å²) in [5, 5.41) is 25.6. The molecule has 4 N–H and O–H groups in total. The van der Waals surface area contributed by atoms with Gasteiger partial charge in [0, 0.05) is 30.2 Å². The van der Waals surface area contributed by atoms with E-state index in [4.69, 9.17) is 18.9 Å². The number of hydrogen-bond donors (Lipinski definition) is 4. The van der Waals surface area contributed by atoms with Crippen molar-refractivity contribution in [3.05, 3.63) is 90.0 Å². The molecule has 2 fully saturated rings. The lowest BCUT2D eigenvalue weighted by Gasteiger charge is -2.31. The molecule has 2 aliphatic heterocycles. The van der Waals surface area contributed by atoms with Gasteiger partial charge in [-0.25, -0.2) is 13.2 Å². The lowest BCUT2D eigenvalue weighted by atomic mass is 10.0. The SMILES string of the molecule is CC(C)CN(C[C@@H](O)[C@H](Cc1ccccc1)NC(=O)O[C@H]1COC2OCCC21)S(=O)(=O)c1ccc2[nH]c(O)c(C=NCCOc3ccccc3)c2c1. The van der Waals surface area contributed by atoms with Gasteiger partial charge in [-0.2, -0.15) is 4.31 Å². The third-order valence-electron chi connectivity index (χ3n) is 9.15. The van der Waals surface area contributed by atoms with Crippen LogP contribution in [0.2, 0.25) is 0 Å². The Bertz CT molecular complexity index is 1920. The average Bonchev–Trinajstić information content (AvgIpc) is 3.83. The minimum Gasteiger partial charge on any atom is -0.494 e. The summed E-state index contributed by atoms with van der Waals surface area (Å²) in [6.07, 6.45) is -0.465. The number of aliphatic imine (C=N–C) groups is 1. The molecule has 2 saturated heterocycles. The largest absolute Gasteiger partial charge is 0.494 e. The quantitative estimate of drug-likeness (QED) is 0.0957. The van der Waals surface area contributed by atoms with Gasteiger partial charge in [0.05, 0.1) is 48.3 Å². The number of aromatic hydroxyl groups is 1. The molecule has 0 radical (unpaired) electrons. The number of ether oxygens (including phenoxy) is 4. The minimum absolute atomic E-state index is 0.0181. The smallest absolute Gasteiger partial charge is 0.407 e. The maximum atomic E-state index is 14.3. The summed E-state index contributed by atoms with van der Waals surface area (Å²) in [5.41, 5.74) is 1.72. The first-order chi connectivity index (χ1) is 25.1. The van der Waals surface area contributed by atoms with E-state index in [1.165, 1.54) is 22.7 Å². The van der Waals surface area contributed by atoms with E-state index in [2.05, 4.69) is 15.3 Å². The lowest BCUT2D eigenvalue weighted by molar-refractivity contribution is -0.0907. The van der Waals surface area contributed by atoms with E-state index in [9.17, 15) is 23.4 Å². The van der Waals surface area contributed by atoms with Crippen molar-refractivity contribution in [3.8, 4) is 11.6 Å². The molecule has 2 aliphatic rings. The number of aliphatic hydroxyl groups is 1. The minimum atomic E-state index is -4.17. The molecule has 52 heavy (non-hydrogen) atoms. The van der Waals surface area contributed by atoms with Crippen molar-refractivity contribution < 1.29 is 42.4 Å². The summed E-state index contributed by atoms with van der Waals surface area (Å²) in [4.78, 5) is 20.4. The Morgan fingerprint density at radius 1 is 1.08 bits per heavy atom. The highest BCUT2D eigenvalue weighted by molar-refractivity contribution is 7.89. The number of hydrogen-bond acceptors (Lipinski definition) is 10. The molecule has 6 rings (SSSR count). The van der Waals surface area contributed by atoms with E-state index in [0.717, 1.165) is 11.3 Å². The van der Waals surface area contributed by atoms with E-state index >= 15 is 0 Å². The molecule has 14 heteroatoms. The van der Waals surface area contributed by atoms with Gasteiger partial charge in [0.15, 0.2) is 12.2 Å². The zero-order chi connectivity index (χ0) is 36.7. The molecule has 1 aromatic heterocycles. The summed E-state index contributed by atoms with van der Waals surface area (Å²) in [7, 11) is -4.17. The van der Waals surface area contributed by atoms with Crippen molar-refractivity contribution in [1.29, 1.82) is 0 Å². The summed E-state index contributed by atoms with van der Waals surface area (Å²) < 4.78 is 52.4. The van der Waals surface area contributed by atoms with E-state index in [-0.39, 0.29) is 48.7 Å². The van der Waals surface area contributed by atoms with E-state index in [1.807, 2.05) is 74.5 Å². The summed E-state index contributed by atoms with van der Waals surface area (Å²) in [6, 6.07) is 22.3. The number of amides is 1. The van der Waals surface area contributed by atoms with Crippen molar-refractivity contribution >= 4 is 33.2 Å². The monoisotopic (exact) mass is 734 g/mol. The Morgan fingerprint density at radius 2 is 1.83 bits per heavy atom. The number of H-pyrrole nitrogens is 1. The van der Waals surface area contributed by atoms with Gasteiger partial charge in [0.1, 0.15) is 18.5 Å². The highest BCUT2D eigenvalue weighted by Crippen LogP contribution is 2.33. The van der Waals surface area contributed by atoms with Crippen LogP contribution < -0.4 is 10.1 Å². The van der Waals surface area contributed by atoms with Gasteiger partial charge in [-0.1, -0.05) is 62.4 Å². The lowest BCUT2D eigenvalue weighted by Crippen LogP contribution is -2.51. The highest BCUT2D eigenvalue weighted by Gasteiger charge is 2.44. The standard InChI is InChI=1S/C38H46N4O9S/c1-25(2)22-42(23-34(43)33(19-26-9-5-3-6-10-26)41-38(45)51-35-24-50-37-29(35)15-17-49-37)52(46,47)28-13-14-32-30(20-28)31(36(44)40-32)21-39-16-18-48-27-11-7-4-8-12-27/h3-14,20-21,25,29,33-35,37,40,43-44H,15-19,22-24H2,1-2H3,(H,41,45)/t29?,33-,34+,35-,37?/m0/s1. The van der Waals surface area contributed by atoms with Crippen molar-refractivity contribution in [2.24, 2.45) is 16.8 Å². The van der Waals surface area contributed by atoms with Crippen molar-refractivity contribution in [2.45, 2.75) is 56.1 Å². The first kappa shape index (κ1) is 37.3. The van der Waals surface area contributed by atoms with Crippen LogP contribution in [-0.4, -0.2) is 104 Å². The van der Waals surface area contributed by atoms with Crippen LogP contribution in [0.5, 0.6) is 11.6 Å². The fraction of sp³-hybridized carbons (Fsp3) is 0.421. The van der Waals surface area contributed by atoms with Crippen LogP contribution in [0.1, 0.15) is 31.4 Å². The predicted octanol–water partition coefficient (Wildman–Crippen LogP) is 4.48. The molecule has 3 aromatic carbocycles. The van der Waals surface area contributed by atoms with Gasteiger partial charge < -0.3 is 39.5 Å². The van der Waals surface area contributed by atoms with Gasteiger partial charge in [-0.15, -0.1) is 0 Å². The van der Waals surface area contributed by atoms with Gasteiger partial charge in [-0.3, -0.25) is 4.99 Å². The number of benzene rings is 3. The van der Waals surface area contributed by atoms with Crippen LogP contribution >= 0.6 is 0 Å². The fourth-order valence-corrected chi connectivity index (χ4v) is 8.19. The number of nitrogens with zero attached hydrogens (tertiary/aromatic N) is 2. The first-order valence-corrected chi connectivity index (χ1v) is 19.0. The van der Waals surface area contributed by atoms with Gasteiger partial charge in [0.25, 0.3) is 0 Å². The fourth-order valence-electron chi connectivity index (χ4n) is 6.54. The van der Waals surface area contributed by atoms with Gasteiger partial charge >= 0.3 is 6.09 Å². The van der Waals surface area contributed by atoms with Crippen molar-refractivity contribution in [3.63, 3.8) is 0 Å². The average molecular weight is 735 g/mol. The Balaban J connectivity index is 1.19. The number of aromatic amines is 1. The first-order valence-electron chi connectivity index (χ1n) is 17.5. The molecular weight excluding hydrogens is 689 g/mol. The number of aromatic nitrogens is 1.